The summed E-state index contributed by atoms with van der Waals surface area (Å²) in [7, 11) is 0. The first-order valence-electron chi connectivity index (χ1n) is 6.65. The maximum absolute atomic E-state index is 9.34. The van der Waals surface area contributed by atoms with Crippen molar-refractivity contribution in [3.63, 3.8) is 0 Å². The van der Waals surface area contributed by atoms with E-state index in [-0.39, 0.29) is 0 Å². The second kappa shape index (κ2) is 9.20. The Morgan fingerprint density at radius 2 is 2.27 bits per heavy atom. The summed E-state index contributed by atoms with van der Waals surface area (Å²) < 4.78 is 2.05. The number of nitriles is 1. The van der Waals surface area contributed by atoms with E-state index in [0.717, 1.165) is 29.1 Å². The van der Waals surface area contributed by atoms with Crippen LogP contribution in [0.25, 0.3) is 4.91 Å². The van der Waals surface area contributed by atoms with Gasteiger partial charge in [-0.2, -0.15) is 5.26 Å². The van der Waals surface area contributed by atoms with Gasteiger partial charge in [0.1, 0.15) is 6.07 Å². The minimum atomic E-state index is 0.523. The Bertz CT molecular complexity index is 650. The predicted molar refractivity (Wildman–Crippen MR) is 97.9 cm³/mol. The van der Waals surface area contributed by atoms with Crippen molar-refractivity contribution < 1.29 is 0 Å². The molecular formula is C15H19N5S2. The Balaban J connectivity index is 0.000000745. The zero-order chi connectivity index (χ0) is 16.5. The average molecular weight is 333 g/mol. The Morgan fingerprint density at radius 3 is 2.77 bits per heavy atom. The fraction of sp³-hybridized carbons (Fsp3) is 0.267. The molecule has 5 N–H and O–H groups in total. The molecule has 0 bridgehead atoms. The molecule has 0 spiro atoms. The van der Waals surface area contributed by atoms with Crippen molar-refractivity contribution in [3.8, 4) is 6.07 Å². The van der Waals surface area contributed by atoms with Gasteiger partial charge in [0.05, 0.1) is 23.3 Å². The maximum atomic E-state index is 9.34. The zero-order valence-electron chi connectivity index (χ0n) is 12.4. The fourth-order valence-corrected chi connectivity index (χ4v) is 3.30. The standard InChI is InChI=1S/C14H15N3S2.CH4N2/c1-10-3-2-6-19-14(10)13-11(8-16)7-12(9-18)17(13)5-4-15;2-1-3/h2,6-7,9H,3-5,15H2,1H3;1H,(H3,2,3). The molecule has 0 radical (unpaired) electrons. The highest BCUT2D eigenvalue weighted by molar-refractivity contribution is 8.11. The lowest BCUT2D eigenvalue weighted by Crippen LogP contribution is -2.14. The molecule has 5 nitrogen and oxygen atoms in total. The van der Waals surface area contributed by atoms with Gasteiger partial charge in [-0.1, -0.05) is 35.6 Å². The first kappa shape index (κ1) is 18.2. The number of nitrogens with one attached hydrogen (secondary N) is 1. The fourth-order valence-electron chi connectivity index (χ4n) is 2.16. The molecule has 0 saturated carbocycles. The SMILES string of the molecule is CC1=C(c2c(C#N)cc(C=S)n2CCN)SC=CC1.N=CN. The van der Waals surface area contributed by atoms with Crippen molar-refractivity contribution in [3.05, 3.63) is 40.1 Å². The van der Waals surface area contributed by atoms with Crippen LogP contribution >= 0.6 is 24.0 Å². The molecule has 22 heavy (non-hydrogen) atoms. The Morgan fingerprint density at radius 1 is 1.59 bits per heavy atom. The lowest BCUT2D eigenvalue weighted by Gasteiger charge is -2.17. The number of nitrogens with two attached hydrogens (primary N) is 2. The average Bonchev–Trinajstić information content (AvgIpc) is 2.87. The molecule has 1 aliphatic heterocycles. The lowest BCUT2D eigenvalue weighted by molar-refractivity contribution is 0.702. The molecule has 0 amide bonds. The van der Waals surface area contributed by atoms with Crippen LogP contribution in [0.15, 0.2) is 23.1 Å². The zero-order valence-corrected chi connectivity index (χ0v) is 14.0. The first-order chi connectivity index (χ1) is 10.6. The van der Waals surface area contributed by atoms with Crippen LogP contribution in [-0.2, 0) is 6.54 Å². The van der Waals surface area contributed by atoms with E-state index in [1.807, 2.05) is 6.07 Å². The van der Waals surface area contributed by atoms with Gasteiger partial charge in [-0.05, 0) is 24.8 Å². The Kier molecular flexibility index (Phi) is 7.60. The molecule has 2 heterocycles. The lowest BCUT2D eigenvalue weighted by atomic mass is 10.1. The second-order valence-electron chi connectivity index (χ2n) is 4.47. The third-order valence-electron chi connectivity index (χ3n) is 3.03. The van der Waals surface area contributed by atoms with Crippen LogP contribution in [0.1, 0.15) is 30.3 Å². The summed E-state index contributed by atoms with van der Waals surface area (Å²) in [5.74, 6) is 0. The highest BCUT2D eigenvalue weighted by atomic mass is 32.2. The monoisotopic (exact) mass is 333 g/mol. The second-order valence-corrected chi connectivity index (χ2v) is 5.62. The van der Waals surface area contributed by atoms with Gasteiger partial charge in [0.25, 0.3) is 0 Å². The molecule has 2 rings (SSSR count). The van der Waals surface area contributed by atoms with Crippen LogP contribution in [0.5, 0.6) is 0 Å². The van der Waals surface area contributed by atoms with Gasteiger partial charge in [-0.3, -0.25) is 5.41 Å². The van der Waals surface area contributed by atoms with Crippen molar-refractivity contribution in [2.45, 2.75) is 19.9 Å². The third kappa shape index (κ3) is 4.07. The van der Waals surface area contributed by atoms with Gasteiger partial charge in [-0.25, -0.2) is 0 Å². The van der Waals surface area contributed by atoms with E-state index in [9.17, 15) is 5.26 Å². The summed E-state index contributed by atoms with van der Waals surface area (Å²) in [6.07, 6.45) is 3.81. The largest absolute Gasteiger partial charge is 0.390 e. The van der Waals surface area contributed by atoms with Crippen LogP contribution in [0.2, 0.25) is 0 Å². The van der Waals surface area contributed by atoms with E-state index in [1.54, 1.807) is 17.1 Å². The predicted octanol–water partition coefficient (Wildman–Crippen LogP) is 2.60. The smallest absolute Gasteiger partial charge is 0.101 e. The molecule has 0 saturated heterocycles. The van der Waals surface area contributed by atoms with Crippen molar-refractivity contribution in [1.82, 2.24) is 4.57 Å². The van der Waals surface area contributed by atoms with Crippen LogP contribution in [-0.4, -0.2) is 22.8 Å². The Labute approximate surface area is 140 Å². The minimum Gasteiger partial charge on any atom is -0.390 e. The van der Waals surface area contributed by atoms with Crippen molar-refractivity contribution in [2.75, 3.05) is 6.54 Å². The molecule has 116 valence electrons. The van der Waals surface area contributed by atoms with Gasteiger partial charge in [0, 0.05) is 23.4 Å². The van der Waals surface area contributed by atoms with Crippen LogP contribution in [0.3, 0.4) is 0 Å². The third-order valence-corrected chi connectivity index (χ3v) is 4.38. The minimum absolute atomic E-state index is 0.523. The highest BCUT2D eigenvalue weighted by Crippen LogP contribution is 2.38. The molecular weight excluding hydrogens is 314 g/mol. The Hall–Kier alpha value is -1.88. The summed E-state index contributed by atoms with van der Waals surface area (Å²) in [6, 6.07) is 4.11. The van der Waals surface area contributed by atoms with E-state index < -0.39 is 0 Å². The molecule has 0 aromatic carbocycles. The van der Waals surface area contributed by atoms with E-state index in [4.69, 9.17) is 23.4 Å². The van der Waals surface area contributed by atoms with Crippen LogP contribution < -0.4 is 11.5 Å². The number of thioether (sulfide) groups is 1. The molecule has 0 atom stereocenters. The number of nitrogens with zero attached hydrogens (tertiary/aromatic N) is 2. The van der Waals surface area contributed by atoms with Gasteiger partial charge in [-0.15, -0.1) is 0 Å². The van der Waals surface area contributed by atoms with E-state index in [0.29, 0.717) is 18.7 Å². The number of hydrogen-bond acceptors (Lipinski definition) is 5. The van der Waals surface area contributed by atoms with E-state index >= 15 is 0 Å². The van der Waals surface area contributed by atoms with Gasteiger partial charge < -0.3 is 16.0 Å². The molecule has 1 aromatic heterocycles. The van der Waals surface area contributed by atoms with Crippen molar-refractivity contribution in [1.29, 1.82) is 10.7 Å². The summed E-state index contributed by atoms with van der Waals surface area (Å²) in [5, 5.41) is 18.9. The number of aromatic nitrogens is 1. The topological polar surface area (TPSA) is 105 Å². The maximum Gasteiger partial charge on any atom is 0.101 e. The first-order valence-corrected chi connectivity index (χ1v) is 8.01. The van der Waals surface area contributed by atoms with E-state index in [1.165, 1.54) is 5.57 Å². The quantitative estimate of drug-likeness (QED) is 0.446. The van der Waals surface area contributed by atoms with Crippen LogP contribution in [0.4, 0.5) is 0 Å². The summed E-state index contributed by atoms with van der Waals surface area (Å²) in [4.78, 5) is 1.15. The number of thiocarbonyl (C=S) groups is 1. The van der Waals surface area contributed by atoms with Crippen molar-refractivity contribution in [2.24, 2.45) is 11.5 Å². The summed E-state index contributed by atoms with van der Waals surface area (Å²) in [5.41, 5.74) is 13.8. The molecule has 0 unspecified atom stereocenters. The number of allylic oxidation sites excluding steroid dienone is 2. The highest BCUT2D eigenvalue weighted by Gasteiger charge is 2.20. The van der Waals surface area contributed by atoms with Crippen molar-refractivity contribution >= 4 is 40.6 Å². The van der Waals surface area contributed by atoms with Gasteiger partial charge >= 0.3 is 0 Å². The van der Waals surface area contributed by atoms with Crippen LogP contribution in [0, 0.1) is 16.7 Å². The molecule has 1 aliphatic rings. The molecule has 7 heteroatoms. The number of rotatable bonds is 4. The normalized spacial score (nSPS) is 13.1. The molecule has 0 fully saturated rings. The summed E-state index contributed by atoms with van der Waals surface area (Å²) in [6.45, 7) is 3.29. The summed E-state index contributed by atoms with van der Waals surface area (Å²) >= 11 is 6.70. The van der Waals surface area contributed by atoms with E-state index in [2.05, 4.69) is 34.8 Å². The number of hydrogen-bond donors (Lipinski definition) is 3. The molecule has 0 aliphatic carbocycles. The van der Waals surface area contributed by atoms with Gasteiger partial charge in [0.2, 0.25) is 0 Å². The molecule has 1 aromatic rings. The van der Waals surface area contributed by atoms with Gasteiger partial charge in [0.15, 0.2) is 0 Å².